The minimum atomic E-state index is -0.795. The number of hydrogen-bond acceptors (Lipinski definition) is 5. The molecule has 7 heteroatoms. The molecule has 1 rings (SSSR count). The van der Waals surface area contributed by atoms with Gasteiger partial charge in [-0.25, -0.2) is 4.79 Å². The fraction of sp³-hybridized carbons (Fsp3) is 0.429. The fourth-order valence-corrected chi connectivity index (χ4v) is 1.72. The predicted octanol–water partition coefficient (Wildman–Crippen LogP) is 1.82. The Labute approximate surface area is 128 Å². The van der Waals surface area contributed by atoms with Crippen LogP contribution in [0.3, 0.4) is 0 Å². The van der Waals surface area contributed by atoms with Crippen molar-refractivity contribution in [3.63, 3.8) is 0 Å². The van der Waals surface area contributed by atoms with E-state index in [-0.39, 0.29) is 23.3 Å². The Bertz CT molecular complexity index is 520. The molecule has 0 radical (unpaired) electrons. The van der Waals surface area contributed by atoms with Crippen molar-refractivity contribution in [1.29, 1.82) is 0 Å². The van der Waals surface area contributed by atoms with E-state index in [4.69, 9.17) is 26.8 Å². The number of nitrogens with two attached hydrogens (primary N) is 1. The first kappa shape index (κ1) is 17.4. The number of methoxy groups -OCH3 is 1. The Balaban J connectivity index is 2.86. The average molecular weight is 315 g/mol. The van der Waals surface area contributed by atoms with Crippen LogP contribution in [-0.4, -0.2) is 37.7 Å². The van der Waals surface area contributed by atoms with Crippen LogP contribution in [0.1, 0.15) is 24.2 Å². The second-order valence-electron chi connectivity index (χ2n) is 4.70. The number of esters is 1. The van der Waals surface area contributed by atoms with Crippen LogP contribution >= 0.6 is 11.6 Å². The summed E-state index contributed by atoms with van der Waals surface area (Å²) in [6.45, 7) is 3.57. The molecule has 1 amide bonds. The van der Waals surface area contributed by atoms with Crippen LogP contribution in [0.5, 0.6) is 0 Å². The van der Waals surface area contributed by atoms with E-state index in [1.54, 1.807) is 19.9 Å². The highest BCUT2D eigenvalue weighted by molar-refractivity contribution is 6.33. The minimum absolute atomic E-state index is 0.0989. The van der Waals surface area contributed by atoms with E-state index in [1.807, 2.05) is 0 Å². The largest absolute Gasteiger partial charge is 0.459 e. The smallest absolute Gasteiger partial charge is 0.339 e. The van der Waals surface area contributed by atoms with Gasteiger partial charge >= 0.3 is 5.97 Å². The number of nitrogens with one attached hydrogen (secondary N) is 1. The van der Waals surface area contributed by atoms with Crippen molar-refractivity contribution in [1.82, 2.24) is 0 Å². The third-order valence-corrected chi connectivity index (χ3v) is 2.81. The third-order valence-electron chi connectivity index (χ3n) is 2.48. The SMILES string of the molecule is COC[C@H](N)C(=O)Nc1ccc(Cl)c(C(=O)OC(C)C)c1. The maximum absolute atomic E-state index is 11.9. The quantitative estimate of drug-likeness (QED) is 0.782. The molecule has 0 fully saturated rings. The summed E-state index contributed by atoms with van der Waals surface area (Å²) in [6.07, 6.45) is -0.262. The zero-order valence-electron chi connectivity index (χ0n) is 12.2. The maximum atomic E-state index is 11.9. The topological polar surface area (TPSA) is 90.6 Å². The molecular formula is C14H19ClN2O4. The van der Waals surface area contributed by atoms with E-state index in [0.29, 0.717) is 5.69 Å². The highest BCUT2D eigenvalue weighted by Crippen LogP contribution is 2.22. The molecule has 1 aromatic carbocycles. The molecule has 6 nitrogen and oxygen atoms in total. The average Bonchev–Trinajstić information content (AvgIpc) is 2.40. The van der Waals surface area contributed by atoms with Gasteiger partial charge in [0.25, 0.3) is 0 Å². The van der Waals surface area contributed by atoms with Crippen molar-refractivity contribution >= 4 is 29.2 Å². The Morgan fingerprint density at radius 1 is 1.38 bits per heavy atom. The molecule has 0 saturated heterocycles. The molecule has 0 unspecified atom stereocenters. The number of hydrogen-bond donors (Lipinski definition) is 2. The summed E-state index contributed by atoms with van der Waals surface area (Å²) in [5, 5.41) is 2.84. The molecule has 0 aromatic heterocycles. The molecular weight excluding hydrogens is 296 g/mol. The molecule has 3 N–H and O–H groups in total. The Morgan fingerprint density at radius 3 is 2.62 bits per heavy atom. The lowest BCUT2D eigenvalue weighted by Crippen LogP contribution is -2.39. The van der Waals surface area contributed by atoms with Crippen molar-refractivity contribution in [3.05, 3.63) is 28.8 Å². The first-order chi connectivity index (χ1) is 9.85. The number of ether oxygens (including phenoxy) is 2. The number of rotatable bonds is 6. The van der Waals surface area contributed by atoms with Crippen LogP contribution < -0.4 is 11.1 Å². The first-order valence-corrected chi connectivity index (χ1v) is 6.78. The summed E-state index contributed by atoms with van der Waals surface area (Å²) in [6, 6.07) is 3.74. The van der Waals surface area contributed by atoms with Crippen LogP contribution in [0, 0.1) is 0 Å². The molecule has 0 aliphatic rings. The van der Waals surface area contributed by atoms with E-state index in [0.717, 1.165) is 0 Å². The number of halogens is 1. The maximum Gasteiger partial charge on any atom is 0.339 e. The molecule has 1 aromatic rings. The van der Waals surface area contributed by atoms with Gasteiger partial charge in [0.1, 0.15) is 6.04 Å². The van der Waals surface area contributed by atoms with Gasteiger partial charge in [0, 0.05) is 12.8 Å². The van der Waals surface area contributed by atoms with Crippen molar-refractivity contribution in [2.24, 2.45) is 5.73 Å². The lowest BCUT2D eigenvalue weighted by molar-refractivity contribution is -0.118. The van der Waals surface area contributed by atoms with E-state index in [9.17, 15) is 9.59 Å². The van der Waals surface area contributed by atoms with Gasteiger partial charge in [0.05, 0.1) is 23.3 Å². The van der Waals surface area contributed by atoms with Gasteiger partial charge in [-0.3, -0.25) is 4.79 Å². The van der Waals surface area contributed by atoms with E-state index < -0.39 is 17.9 Å². The molecule has 0 saturated carbocycles. The van der Waals surface area contributed by atoms with Gasteiger partial charge in [-0.2, -0.15) is 0 Å². The summed E-state index contributed by atoms with van der Waals surface area (Å²) in [7, 11) is 1.45. The van der Waals surface area contributed by atoms with Gasteiger partial charge in [-0.1, -0.05) is 11.6 Å². The van der Waals surface area contributed by atoms with E-state index >= 15 is 0 Å². The zero-order valence-corrected chi connectivity index (χ0v) is 12.9. The number of amides is 1. The van der Waals surface area contributed by atoms with Gasteiger partial charge in [-0.15, -0.1) is 0 Å². The van der Waals surface area contributed by atoms with Gasteiger partial charge in [0.2, 0.25) is 5.91 Å². The summed E-state index contributed by atoms with van der Waals surface area (Å²) in [4.78, 5) is 23.7. The standard InChI is InChI=1S/C14H19ClN2O4/c1-8(2)21-14(19)10-6-9(4-5-11(10)15)17-13(18)12(16)7-20-3/h4-6,8,12H,7,16H2,1-3H3,(H,17,18)/t12-/m0/s1. The number of carbonyl (C=O) groups is 2. The molecule has 0 aliphatic heterocycles. The van der Waals surface area contributed by atoms with Crippen molar-refractivity contribution in [2.45, 2.75) is 26.0 Å². The molecule has 0 spiro atoms. The van der Waals surface area contributed by atoms with Gasteiger partial charge in [-0.05, 0) is 32.0 Å². The van der Waals surface area contributed by atoms with E-state index in [1.165, 1.54) is 19.2 Å². The first-order valence-electron chi connectivity index (χ1n) is 6.41. The monoisotopic (exact) mass is 314 g/mol. The summed E-state index contributed by atoms with van der Waals surface area (Å²) < 4.78 is 9.89. The molecule has 0 heterocycles. The van der Waals surface area contributed by atoms with Crippen molar-refractivity contribution in [2.75, 3.05) is 19.0 Å². The van der Waals surface area contributed by atoms with Crippen LogP contribution in [0.25, 0.3) is 0 Å². The molecule has 0 aliphatic carbocycles. The zero-order chi connectivity index (χ0) is 16.0. The Kier molecular flexibility index (Phi) is 6.61. The molecule has 0 bridgehead atoms. The Morgan fingerprint density at radius 2 is 2.05 bits per heavy atom. The number of benzene rings is 1. The molecule has 1 atom stereocenters. The van der Waals surface area contributed by atoms with E-state index in [2.05, 4.69) is 5.32 Å². The van der Waals surface area contributed by atoms with Crippen molar-refractivity contribution in [3.8, 4) is 0 Å². The Hall–Kier alpha value is -1.63. The predicted molar refractivity (Wildman–Crippen MR) is 80.5 cm³/mol. The highest BCUT2D eigenvalue weighted by atomic mass is 35.5. The molecule has 21 heavy (non-hydrogen) atoms. The second-order valence-corrected chi connectivity index (χ2v) is 5.11. The van der Waals surface area contributed by atoms with Crippen LogP contribution in [-0.2, 0) is 14.3 Å². The lowest BCUT2D eigenvalue weighted by Gasteiger charge is -2.13. The minimum Gasteiger partial charge on any atom is -0.459 e. The lowest BCUT2D eigenvalue weighted by atomic mass is 10.2. The number of anilines is 1. The van der Waals surface area contributed by atoms with Crippen LogP contribution in [0.2, 0.25) is 5.02 Å². The van der Waals surface area contributed by atoms with Crippen LogP contribution in [0.4, 0.5) is 5.69 Å². The summed E-state index contributed by atoms with van der Waals surface area (Å²) in [5.41, 5.74) is 6.21. The fourth-order valence-electron chi connectivity index (χ4n) is 1.53. The second kappa shape index (κ2) is 7.97. The number of carbonyl (C=O) groups excluding carboxylic acids is 2. The molecule has 116 valence electrons. The van der Waals surface area contributed by atoms with Gasteiger partial charge in [0.15, 0.2) is 0 Å². The third kappa shape index (κ3) is 5.34. The van der Waals surface area contributed by atoms with Crippen LogP contribution in [0.15, 0.2) is 18.2 Å². The summed E-state index contributed by atoms with van der Waals surface area (Å²) in [5.74, 6) is -0.963. The highest BCUT2D eigenvalue weighted by Gasteiger charge is 2.17. The normalized spacial score (nSPS) is 12.1. The van der Waals surface area contributed by atoms with Crippen molar-refractivity contribution < 1.29 is 19.1 Å². The summed E-state index contributed by atoms with van der Waals surface area (Å²) >= 11 is 5.97. The van der Waals surface area contributed by atoms with Gasteiger partial charge < -0.3 is 20.5 Å².